The second-order valence-electron chi connectivity index (χ2n) is 8.99. The second-order valence-corrected chi connectivity index (χ2v) is 8.99. The first-order chi connectivity index (χ1) is 16.7. The number of anilines is 1. The highest BCUT2D eigenvalue weighted by Crippen LogP contribution is 2.27. The van der Waals surface area contributed by atoms with E-state index in [-0.39, 0.29) is 12.2 Å². The van der Waals surface area contributed by atoms with Gasteiger partial charge >= 0.3 is 0 Å². The number of aromatic nitrogens is 3. The summed E-state index contributed by atoms with van der Waals surface area (Å²) in [6, 6.07) is 8.31. The van der Waals surface area contributed by atoms with Crippen molar-refractivity contribution in [1.82, 2.24) is 19.9 Å². The van der Waals surface area contributed by atoms with Gasteiger partial charge in [-0.05, 0) is 44.5 Å². The number of nitrogens with zero attached hydrogens (tertiary/aromatic N) is 4. The topological polar surface area (TPSA) is 125 Å². The Kier molecular flexibility index (Phi) is 6.95. The Bertz CT molecular complexity index is 1270. The van der Waals surface area contributed by atoms with Crippen LogP contribution in [0.1, 0.15) is 36.2 Å². The van der Waals surface area contributed by atoms with Gasteiger partial charge < -0.3 is 20.5 Å². The third kappa shape index (κ3) is 5.39. The number of halogens is 2. The maximum atomic E-state index is 14.5. The summed E-state index contributed by atoms with van der Waals surface area (Å²) in [7, 11) is 0. The molecular weight excluding hydrogens is 458 g/mol. The number of rotatable bonds is 7. The molecule has 0 aliphatic carbocycles. The van der Waals surface area contributed by atoms with E-state index in [0.29, 0.717) is 41.2 Å². The molecule has 1 saturated heterocycles. The van der Waals surface area contributed by atoms with E-state index in [9.17, 15) is 18.7 Å². The van der Waals surface area contributed by atoms with Crippen LogP contribution in [-0.4, -0.2) is 69.4 Å². The summed E-state index contributed by atoms with van der Waals surface area (Å²) in [4.78, 5) is 17.3. The molecule has 3 atom stereocenters. The summed E-state index contributed by atoms with van der Waals surface area (Å²) in [6.45, 7) is 2.55. The van der Waals surface area contributed by atoms with Gasteiger partial charge in [0.05, 0.1) is 64.7 Å². The highest BCUT2D eigenvalue weighted by atomic mass is 19.1. The minimum atomic E-state index is -1.68. The number of nitrogens with one attached hydrogen (secondary N) is 2. The first-order valence-corrected chi connectivity index (χ1v) is 11.2. The van der Waals surface area contributed by atoms with Crippen LogP contribution < -0.4 is 10.6 Å². The molecule has 0 spiro atoms. The Labute approximate surface area is 200 Å². The molecule has 35 heavy (non-hydrogen) atoms. The number of pyridine rings is 1. The summed E-state index contributed by atoms with van der Waals surface area (Å²) >= 11 is 0. The largest absolute Gasteiger partial charge is 0.387 e. The van der Waals surface area contributed by atoms with Gasteiger partial charge in [-0.3, -0.25) is 9.78 Å². The first-order valence-electron chi connectivity index (χ1n) is 11.2. The number of aliphatic hydroxyl groups is 1. The minimum Gasteiger partial charge on any atom is -0.387 e. The lowest BCUT2D eigenvalue weighted by Gasteiger charge is -2.28. The van der Waals surface area contributed by atoms with E-state index < -0.39 is 36.4 Å². The molecule has 3 aromatic heterocycles. The van der Waals surface area contributed by atoms with Crippen molar-refractivity contribution < 1.29 is 23.4 Å². The average molecular weight is 485 g/mol. The molecule has 0 radical (unpaired) electrons. The molecule has 4 rings (SSSR count). The Hall–Kier alpha value is -3.62. The van der Waals surface area contributed by atoms with Crippen LogP contribution in [0.4, 0.5) is 14.5 Å². The van der Waals surface area contributed by atoms with Crippen LogP contribution in [0.5, 0.6) is 0 Å². The van der Waals surface area contributed by atoms with Crippen LogP contribution in [-0.2, 0) is 4.74 Å². The lowest BCUT2D eigenvalue weighted by molar-refractivity contribution is -0.00177. The fourth-order valence-electron chi connectivity index (χ4n) is 3.74. The molecule has 1 fully saturated rings. The van der Waals surface area contributed by atoms with Crippen LogP contribution >= 0.6 is 0 Å². The maximum Gasteiger partial charge on any atom is 0.255 e. The highest BCUT2D eigenvalue weighted by molar-refractivity contribution is 6.00. The normalized spacial score (nSPS) is 19.2. The smallest absolute Gasteiger partial charge is 0.255 e. The zero-order valence-corrected chi connectivity index (χ0v) is 19.3. The van der Waals surface area contributed by atoms with E-state index in [1.807, 2.05) is 6.07 Å². The van der Waals surface area contributed by atoms with Crippen LogP contribution in [0.2, 0.25) is 0 Å². The molecule has 184 valence electrons. The fraction of sp³-hybridized carbons (Fsp3) is 0.417. The molecule has 1 amide bonds. The van der Waals surface area contributed by atoms with Crippen LogP contribution in [0.15, 0.2) is 36.7 Å². The first kappa shape index (κ1) is 24.5. The van der Waals surface area contributed by atoms with Gasteiger partial charge in [-0.25, -0.2) is 13.3 Å². The molecule has 11 heteroatoms. The number of fused-ring (bicyclic) bond motifs is 1. The summed E-state index contributed by atoms with van der Waals surface area (Å²) in [6.07, 6.45) is 0.208. The predicted molar refractivity (Wildman–Crippen MR) is 124 cm³/mol. The van der Waals surface area contributed by atoms with E-state index in [0.717, 1.165) is 0 Å². The van der Waals surface area contributed by atoms with Gasteiger partial charge in [-0.2, -0.15) is 10.4 Å². The van der Waals surface area contributed by atoms with Crippen molar-refractivity contribution in [2.75, 3.05) is 25.1 Å². The molecule has 3 N–H and O–H groups in total. The summed E-state index contributed by atoms with van der Waals surface area (Å²) < 4.78 is 35.4. The molecule has 1 aliphatic rings. The molecule has 9 nitrogen and oxygen atoms in total. The van der Waals surface area contributed by atoms with Crippen molar-refractivity contribution >= 4 is 17.1 Å². The molecule has 0 saturated carbocycles. The zero-order chi connectivity index (χ0) is 25.2. The monoisotopic (exact) mass is 484 g/mol. The molecule has 0 unspecified atom stereocenters. The van der Waals surface area contributed by atoms with Gasteiger partial charge in [0.1, 0.15) is 18.4 Å². The van der Waals surface area contributed by atoms with Crippen molar-refractivity contribution in [1.29, 1.82) is 5.26 Å². The SMILES string of the molecule is CC(C)(O)[C@H](F)CNC(=O)c1cnc(-c2ccc3cc(C#N)cnn23)cc1N[C@H]1CCOC[C@@H]1F. The van der Waals surface area contributed by atoms with Crippen LogP contribution in [0.25, 0.3) is 16.9 Å². The number of alkyl halides is 2. The van der Waals surface area contributed by atoms with E-state index >= 15 is 0 Å². The van der Waals surface area contributed by atoms with Crippen LogP contribution in [0, 0.1) is 11.3 Å². The van der Waals surface area contributed by atoms with Gasteiger partial charge in [0.25, 0.3) is 5.91 Å². The number of amides is 1. The molecular formula is C24H26F2N6O3. The Morgan fingerprint density at radius 3 is 2.91 bits per heavy atom. The number of carbonyl (C=O) groups is 1. The molecule has 0 bridgehead atoms. The number of nitriles is 1. The van der Waals surface area contributed by atoms with Gasteiger partial charge in [0.2, 0.25) is 0 Å². The second kappa shape index (κ2) is 9.93. The van der Waals surface area contributed by atoms with E-state index in [2.05, 4.69) is 20.7 Å². The number of carbonyl (C=O) groups excluding carboxylic acids is 1. The Morgan fingerprint density at radius 1 is 1.40 bits per heavy atom. The number of ether oxygens (including phenoxy) is 1. The maximum absolute atomic E-state index is 14.5. The summed E-state index contributed by atoms with van der Waals surface area (Å²) in [5, 5.41) is 28.8. The van der Waals surface area contributed by atoms with Gasteiger partial charge in [0.15, 0.2) is 0 Å². The van der Waals surface area contributed by atoms with Crippen molar-refractivity contribution in [3.05, 3.63) is 47.8 Å². The van der Waals surface area contributed by atoms with Crippen molar-refractivity contribution in [3.8, 4) is 17.5 Å². The molecule has 1 aliphatic heterocycles. The average Bonchev–Trinajstić information content (AvgIpc) is 3.26. The van der Waals surface area contributed by atoms with Gasteiger partial charge in [0, 0.05) is 12.8 Å². The quantitative estimate of drug-likeness (QED) is 0.471. The summed E-state index contributed by atoms with van der Waals surface area (Å²) in [5.41, 5.74) is 0.980. The Balaban J connectivity index is 1.67. The van der Waals surface area contributed by atoms with E-state index in [1.165, 1.54) is 26.2 Å². The summed E-state index contributed by atoms with van der Waals surface area (Å²) in [5.74, 6) is -0.613. The molecule has 3 aromatic rings. The minimum absolute atomic E-state index is 0.0548. The number of hydrogen-bond acceptors (Lipinski definition) is 7. The third-order valence-electron chi connectivity index (χ3n) is 5.88. The van der Waals surface area contributed by atoms with Crippen LogP contribution in [0.3, 0.4) is 0 Å². The van der Waals surface area contributed by atoms with Gasteiger partial charge in [-0.1, -0.05) is 0 Å². The van der Waals surface area contributed by atoms with E-state index in [4.69, 9.17) is 10.00 Å². The van der Waals surface area contributed by atoms with Crippen molar-refractivity contribution in [2.24, 2.45) is 0 Å². The standard InChI is InChI=1S/C24H26F2N6O3/c1-24(2,34)22(26)12-29-23(33)16-11-28-20(8-19(16)31-18-5-6-35-13-17(18)25)21-4-3-15-7-14(9-27)10-30-32(15)21/h3-4,7-8,10-11,17-18,22,34H,5-6,12-13H2,1-2H3,(H,28,31)(H,29,33)/t17-,18-,22+/m0/s1. The predicted octanol–water partition coefficient (Wildman–Crippen LogP) is 2.65. The lowest BCUT2D eigenvalue weighted by Crippen LogP contribution is -2.42. The fourth-order valence-corrected chi connectivity index (χ4v) is 3.74. The Morgan fingerprint density at radius 2 is 2.20 bits per heavy atom. The van der Waals surface area contributed by atoms with E-state index in [1.54, 1.807) is 28.8 Å². The third-order valence-corrected chi connectivity index (χ3v) is 5.88. The van der Waals surface area contributed by atoms with Crippen molar-refractivity contribution in [2.45, 2.75) is 44.3 Å². The lowest BCUT2D eigenvalue weighted by atomic mass is 10.0. The molecule has 0 aromatic carbocycles. The van der Waals surface area contributed by atoms with Gasteiger partial charge in [-0.15, -0.1) is 0 Å². The highest BCUT2D eigenvalue weighted by Gasteiger charge is 2.29. The zero-order valence-electron chi connectivity index (χ0n) is 19.3. The molecule has 4 heterocycles. The number of hydrogen-bond donors (Lipinski definition) is 3. The van der Waals surface area contributed by atoms with Crippen molar-refractivity contribution in [3.63, 3.8) is 0 Å².